The number of unbranched alkanes of at least 4 members (excludes halogenated alkanes) is 1. The first-order valence-electron chi connectivity index (χ1n) is 6.03. The zero-order chi connectivity index (χ0) is 13.5. The maximum absolute atomic E-state index is 11.5. The van der Waals surface area contributed by atoms with E-state index in [4.69, 9.17) is 5.11 Å². The van der Waals surface area contributed by atoms with Gasteiger partial charge in [-0.15, -0.1) is 0 Å². The van der Waals surface area contributed by atoms with Gasteiger partial charge in [-0.25, -0.2) is 9.59 Å². The van der Waals surface area contributed by atoms with Crippen molar-refractivity contribution in [1.29, 1.82) is 0 Å². The number of nitrogens with one attached hydrogen (secondary N) is 2. The van der Waals surface area contributed by atoms with Crippen LogP contribution in [0.3, 0.4) is 0 Å². The Kier molecular flexibility index (Phi) is 6.61. The monoisotopic (exact) mass is 244 g/mol. The van der Waals surface area contributed by atoms with Gasteiger partial charge in [0, 0.05) is 6.54 Å². The van der Waals surface area contributed by atoms with Gasteiger partial charge >= 0.3 is 12.0 Å². The molecule has 0 fully saturated rings. The SMILES string of the molecule is CCCC[C@H](NC(=O)NCC(C)(C)C)C(=O)O. The minimum atomic E-state index is -0.982. The Hall–Kier alpha value is -1.26. The summed E-state index contributed by atoms with van der Waals surface area (Å²) >= 11 is 0. The van der Waals surface area contributed by atoms with Gasteiger partial charge in [-0.2, -0.15) is 0 Å². The Labute approximate surface area is 103 Å². The molecule has 0 aromatic heterocycles. The van der Waals surface area contributed by atoms with Crippen molar-refractivity contribution >= 4 is 12.0 Å². The molecule has 0 radical (unpaired) electrons. The highest BCUT2D eigenvalue weighted by molar-refractivity contribution is 5.82. The number of hydrogen-bond donors (Lipinski definition) is 3. The number of urea groups is 1. The van der Waals surface area contributed by atoms with E-state index in [1.165, 1.54) is 0 Å². The van der Waals surface area contributed by atoms with E-state index in [1.54, 1.807) is 0 Å². The Balaban J connectivity index is 4.08. The van der Waals surface area contributed by atoms with Crippen LogP contribution in [0.2, 0.25) is 0 Å². The van der Waals surface area contributed by atoms with Crippen LogP contribution < -0.4 is 10.6 Å². The summed E-state index contributed by atoms with van der Waals surface area (Å²) in [4.78, 5) is 22.4. The van der Waals surface area contributed by atoms with Gasteiger partial charge in [0.1, 0.15) is 6.04 Å². The third-order valence-corrected chi connectivity index (χ3v) is 2.23. The normalized spacial score (nSPS) is 12.9. The topological polar surface area (TPSA) is 78.4 Å². The lowest BCUT2D eigenvalue weighted by Crippen LogP contribution is -2.47. The van der Waals surface area contributed by atoms with Gasteiger partial charge in [0.2, 0.25) is 0 Å². The smallest absolute Gasteiger partial charge is 0.326 e. The number of aliphatic carboxylic acids is 1. The first-order chi connectivity index (χ1) is 7.76. The molecule has 0 bridgehead atoms. The van der Waals surface area contributed by atoms with Crippen molar-refractivity contribution in [3.8, 4) is 0 Å². The van der Waals surface area contributed by atoms with Crippen molar-refractivity contribution in [2.24, 2.45) is 5.41 Å². The number of carbonyl (C=O) groups is 2. The van der Waals surface area contributed by atoms with E-state index in [0.717, 1.165) is 12.8 Å². The minimum Gasteiger partial charge on any atom is -0.480 e. The average molecular weight is 244 g/mol. The molecule has 3 N–H and O–H groups in total. The molecule has 5 nitrogen and oxygen atoms in total. The van der Waals surface area contributed by atoms with Gasteiger partial charge in [-0.05, 0) is 11.8 Å². The van der Waals surface area contributed by atoms with Gasteiger partial charge in [0.25, 0.3) is 0 Å². The fourth-order valence-corrected chi connectivity index (χ4v) is 1.22. The van der Waals surface area contributed by atoms with E-state index in [0.29, 0.717) is 13.0 Å². The fourth-order valence-electron chi connectivity index (χ4n) is 1.22. The van der Waals surface area contributed by atoms with E-state index < -0.39 is 18.0 Å². The second-order valence-electron chi connectivity index (χ2n) is 5.42. The molecule has 5 heteroatoms. The van der Waals surface area contributed by atoms with E-state index in [1.807, 2.05) is 27.7 Å². The van der Waals surface area contributed by atoms with Crippen molar-refractivity contribution in [2.45, 2.75) is 53.0 Å². The standard InChI is InChI=1S/C12H24N2O3/c1-5-6-7-9(10(15)16)14-11(17)13-8-12(2,3)4/h9H,5-8H2,1-4H3,(H,15,16)(H2,13,14,17)/t9-/m0/s1. The minimum absolute atomic E-state index is 0.0144. The molecule has 0 spiro atoms. The Bertz CT molecular complexity index is 259. The summed E-state index contributed by atoms with van der Waals surface area (Å²) in [5.74, 6) is -0.982. The summed E-state index contributed by atoms with van der Waals surface area (Å²) in [6, 6.07) is -1.21. The number of carboxylic acids is 1. The maximum atomic E-state index is 11.5. The molecule has 0 unspecified atom stereocenters. The first kappa shape index (κ1) is 15.7. The number of hydrogen-bond acceptors (Lipinski definition) is 2. The highest BCUT2D eigenvalue weighted by Gasteiger charge is 2.20. The zero-order valence-corrected chi connectivity index (χ0v) is 11.2. The average Bonchev–Trinajstić information content (AvgIpc) is 2.19. The van der Waals surface area contributed by atoms with E-state index >= 15 is 0 Å². The molecule has 0 saturated carbocycles. The van der Waals surface area contributed by atoms with Crippen molar-refractivity contribution in [3.05, 3.63) is 0 Å². The Morgan fingerprint density at radius 1 is 1.29 bits per heavy atom. The summed E-state index contributed by atoms with van der Waals surface area (Å²) < 4.78 is 0. The van der Waals surface area contributed by atoms with Crippen LogP contribution in [0.4, 0.5) is 4.79 Å². The fraction of sp³-hybridized carbons (Fsp3) is 0.833. The van der Waals surface area contributed by atoms with E-state index in [2.05, 4.69) is 10.6 Å². The molecule has 1 atom stereocenters. The summed E-state index contributed by atoms with van der Waals surface area (Å²) in [7, 11) is 0. The van der Waals surface area contributed by atoms with Crippen LogP contribution >= 0.6 is 0 Å². The summed E-state index contributed by atoms with van der Waals surface area (Å²) in [6.45, 7) is 8.49. The maximum Gasteiger partial charge on any atom is 0.326 e. The molecule has 0 aromatic rings. The third-order valence-electron chi connectivity index (χ3n) is 2.23. The molecular weight excluding hydrogens is 220 g/mol. The quantitative estimate of drug-likeness (QED) is 0.668. The van der Waals surface area contributed by atoms with Crippen LogP contribution in [-0.4, -0.2) is 29.7 Å². The zero-order valence-electron chi connectivity index (χ0n) is 11.2. The Morgan fingerprint density at radius 3 is 2.29 bits per heavy atom. The lowest BCUT2D eigenvalue weighted by atomic mass is 9.97. The number of rotatable bonds is 6. The van der Waals surface area contributed by atoms with Crippen molar-refractivity contribution in [1.82, 2.24) is 10.6 Å². The second-order valence-corrected chi connectivity index (χ2v) is 5.42. The number of carbonyl (C=O) groups excluding carboxylic acids is 1. The Morgan fingerprint density at radius 2 is 1.88 bits per heavy atom. The van der Waals surface area contributed by atoms with Crippen LogP contribution in [0.1, 0.15) is 47.0 Å². The van der Waals surface area contributed by atoms with Crippen LogP contribution in [0.15, 0.2) is 0 Å². The number of amides is 2. The predicted octanol–water partition coefficient (Wildman–Crippen LogP) is 1.98. The van der Waals surface area contributed by atoms with Gasteiger partial charge in [0.15, 0.2) is 0 Å². The molecular formula is C12H24N2O3. The summed E-state index contributed by atoms with van der Waals surface area (Å²) in [5, 5.41) is 14.1. The van der Waals surface area contributed by atoms with Gasteiger partial charge in [0.05, 0.1) is 0 Å². The molecule has 17 heavy (non-hydrogen) atoms. The molecule has 0 aliphatic heterocycles. The van der Waals surface area contributed by atoms with Gasteiger partial charge < -0.3 is 15.7 Å². The highest BCUT2D eigenvalue weighted by Crippen LogP contribution is 2.10. The molecule has 0 rings (SSSR count). The van der Waals surface area contributed by atoms with Gasteiger partial charge in [-0.3, -0.25) is 0 Å². The van der Waals surface area contributed by atoms with Crippen molar-refractivity contribution in [2.75, 3.05) is 6.54 Å². The third kappa shape index (κ3) is 8.54. The van der Waals surface area contributed by atoms with Gasteiger partial charge in [-0.1, -0.05) is 40.5 Å². The predicted molar refractivity (Wildman–Crippen MR) is 66.9 cm³/mol. The molecule has 0 heterocycles. The van der Waals surface area contributed by atoms with Crippen LogP contribution in [-0.2, 0) is 4.79 Å². The lowest BCUT2D eigenvalue weighted by Gasteiger charge is -2.20. The molecule has 100 valence electrons. The van der Waals surface area contributed by atoms with Crippen molar-refractivity contribution < 1.29 is 14.7 Å². The molecule has 0 aliphatic rings. The first-order valence-corrected chi connectivity index (χ1v) is 6.03. The van der Waals surface area contributed by atoms with E-state index in [9.17, 15) is 9.59 Å². The highest BCUT2D eigenvalue weighted by atomic mass is 16.4. The second kappa shape index (κ2) is 7.14. The molecule has 2 amide bonds. The van der Waals surface area contributed by atoms with Crippen LogP contribution in [0.5, 0.6) is 0 Å². The molecule has 0 aliphatic carbocycles. The number of carboxylic acid groups (broad SMARTS) is 1. The lowest BCUT2D eigenvalue weighted by molar-refractivity contribution is -0.139. The molecule has 0 saturated heterocycles. The largest absolute Gasteiger partial charge is 0.480 e. The van der Waals surface area contributed by atoms with Crippen molar-refractivity contribution in [3.63, 3.8) is 0 Å². The summed E-state index contributed by atoms with van der Waals surface area (Å²) in [6.07, 6.45) is 2.17. The van der Waals surface area contributed by atoms with Crippen LogP contribution in [0.25, 0.3) is 0 Å². The molecule has 0 aromatic carbocycles. The van der Waals surface area contributed by atoms with E-state index in [-0.39, 0.29) is 5.41 Å². The summed E-state index contributed by atoms with van der Waals surface area (Å²) in [5.41, 5.74) is -0.0144. The van der Waals surface area contributed by atoms with Crippen LogP contribution in [0, 0.1) is 5.41 Å².